The molecule has 2 aromatic carbocycles. The zero-order valence-electron chi connectivity index (χ0n) is 14.8. The molecule has 0 atom stereocenters. The minimum atomic E-state index is -3.85. The van der Waals surface area contributed by atoms with E-state index >= 15 is 0 Å². The van der Waals surface area contributed by atoms with E-state index in [2.05, 4.69) is 10.4 Å². The second-order valence-electron chi connectivity index (χ2n) is 5.81. The fourth-order valence-electron chi connectivity index (χ4n) is 2.47. The largest absolute Gasteiger partial charge is 0.497 e. The van der Waals surface area contributed by atoms with Crippen LogP contribution in [-0.4, -0.2) is 31.2 Å². The molecule has 0 fully saturated rings. The maximum atomic E-state index is 12.9. The Morgan fingerprint density at radius 2 is 1.79 bits per heavy atom. The molecular formula is C18H15Cl2N3O4S. The third-order valence-electron chi connectivity index (χ3n) is 3.81. The molecule has 0 unspecified atom stereocenters. The number of rotatable bonds is 5. The normalized spacial score (nSPS) is 11.3. The van der Waals surface area contributed by atoms with Crippen LogP contribution in [0.1, 0.15) is 10.5 Å². The monoisotopic (exact) mass is 439 g/mol. The Bertz CT molecular complexity index is 1140. The average molecular weight is 440 g/mol. The highest BCUT2D eigenvalue weighted by Gasteiger charge is 2.21. The number of sulfone groups is 1. The molecule has 1 aromatic heterocycles. The van der Waals surface area contributed by atoms with E-state index in [9.17, 15) is 13.2 Å². The standard InChI is InChI=1S/C18H15Cl2N3O4S/c1-23-10-16(20)17(22-23)18(24)21-12-7-13(27-2)9-15(8-12)28(25,26)14-5-3-11(19)4-6-14/h3-10H,1-2H3,(H,21,24). The third-order valence-corrected chi connectivity index (χ3v) is 6.08. The highest BCUT2D eigenvalue weighted by atomic mass is 35.5. The molecule has 7 nitrogen and oxygen atoms in total. The molecule has 0 radical (unpaired) electrons. The molecule has 3 aromatic rings. The number of aryl methyl sites for hydroxylation is 1. The molecule has 1 N–H and O–H groups in total. The lowest BCUT2D eigenvalue weighted by Crippen LogP contribution is -2.14. The topological polar surface area (TPSA) is 90.3 Å². The van der Waals surface area contributed by atoms with Gasteiger partial charge in [0.2, 0.25) is 9.84 Å². The molecule has 0 aliphatic heterocycles. The summed E-state index contributed by atoms with van der Waals surface area (Å²) in [6.07, 6.45) is 1.48. The van der Waals surface area contributed by atoms with E-state index in [4.69, 9.17) is 27.9 Å². The second-order valence-corrected chi connectivity index (χ2v) is 8.60. The van der Waals surface area contributed by atoms with E-state index in [0.29, 0.717) is 5.02 Å². The molecule has 0 aliphatic rings. The first kappa shape index (κ1) is 20.2. The second kappa shape index (κ2) is 7.83. The smallest absolute Gasteiger partial charge is 0.277 e. The summed E-state index contributed by atoms with van der Waals surface area (Å²) in [5.74, 6) is -0.314. The van der Waals surface area contributed by atoms with Gasteiger partial charge in [0, 0.05) is 30.0 Å². The Morgan fingerprint density at radius 3 is 2.36 bits per heavy atom. The van der Waals surface area contributed by atoms with Crippen LogP contribution in [-0.2, 0) is 16.9 Å². The molecule has 0 aliphatic carbocycles. The van der Waals surface area contributed by atoms with Crippen molar-refractivity contribution in [2.75, 3.05) is 12.4 Å². The van der Waals surface area contributed by atoms with Crippen LogP contribution in [0, 0.1) is 0 Å². The van der Waals surface area contributed by atoms with Gasteiger partial charge in [0.25, 0.3) is 5.91 Å². The molecule has 0 saturated carbocycles. The van der Waals surface area contributed by atoms with Gasteiger partial charge in [-0.2, -0.15) is 5.10 Å². The molecule has 146 valence electrons. The number of hydrogen-bond donors (Lipinski definition) is 1. The van der Waals surface area contributed by atoms with Crippen molar-refractivity contribution < 1.29 is 17.9 Å². The first-order valence-electron chi connectivity index (χ1n) is 7.91. The van der Waals surface area contributed by atoms with E-state index in [1.807, 2.05) is 0 Å². The van der Waals surface area contributed by atoms with Gasteiger partial charge in [-0.05, 0) is 36.4 Å². The van der Waals surface area contributed by atoms with E-state index in [1.165, 1.54) is 60.5 Å². The fourth-order valence-corrected chi connectivity index (χ4v) is 4.18. The van der Waals surface area contributed by atoms with Crippen LogP contribution in [0.15, 0.2) is 58.5 Å². The van der Waals surface area contributed by atoms with E-state index in [1.54, 1.807) is 7.05 Å². The maximum Gasteiger partial charge on any atom is 0.277 e. The molecular weight excluding hydrogens is 425 g/mol. The number of hydrogen-bond acceptors (Lipinski definition) is 5. The van der Waals surface area contributed by atoms with Gasteiger partial charge in [0.05, 0.1) is 21.9 Å². The van der Waals surface area contributed by atoms with Crippen molar-refractivity contribution >= 4 is 44.6 Å². The molecule has 10 heteroatoms. The lowest BCUT2D eigenvalue weighted by Gasteiger charge is -2.11. The number of nitrogens with one attached hydrogen (secondary N) is 1. The van der Waals surface area contributed by atoms with Gasteiger partial charge < -0.3 is 10.1 Å². The molecule has 1 heterocycles. The molecule has 0 spiro atoms. The highest BCUT2D eigenvalue weighted by molar-refractivity contribution is 7.91. The molecule has 0 bridgehead atoms. The van der Waals surface area contributed by atoms with Gasteiger partial charge in [-0.15, -0.1) is 0 Å². The van der Waals surface area contributed by atoms with Crippen molar-refractivity contribution in [3.63, 3.8) is 0 Å². The summed E-state index contributed by atoms with van der Waals surface area (Å²) in [7, 11) is -0.823. The van der Waals surface area contributed by atoms with Crippen LogP contribution >= 0.6 is 23.2 Å². The van der Waals surface area contributed by atoms with Gasteiger partial charge in [0.15, 0.2) is 5.69 Å². The summed E-state index contributed by atoms with van der Waals surface area (Å²) in [4.78, 5) is 12.5. The van der Waals surface area contributed by atoms with Crippen molar-refractivity contribution in [3.05, 3.63) is 64.4 Å². The van der Waals surface area contributed by atoms with Crippen molar-refractivity contribution in [2.45, 2.75) is 9.79 Å². The van der Waals surface area contributed by atoms with Crippen LogP contribution in [0.3, 0.4) is 0 Å². The molecule has 28 heavy (non-hydrogen) atoms. The number of benzene rings is 2. The minimum absolute atomic E-state index is 0.0223. The predicted molar refractivity (Wildman–Crippen MR) is 106 cm³/mol. The average Bonchev–Trinajstić information content (AvgIpc) is 3.00. The SMILES string of the molecule is COc1cc(NC(=O)c2nn(C)cc2Cl)cc(S(=O)(=O)c2ccc(Cl)cc2)c1. The number of methoxy groups -OCH3 is 1. The minimum Gasteiger partial charge on any atom is -0.497 e. The Morgan fingerprint density at radius 1 is 1.11 bits per heavy atom. The van der Waals surface area contributed by atoms with Gasteiger partial charge in [-0.3, -0.25) is 9.48 Å². The van der Waals surface area contributed by atoms with Crippen LogP contribution in [0.4, 0.5) is 5.69 Å². The molecule has 0 saturated heterocycles. The first-order valence-corrected chi connectivity index (χ1v) is 10.1. The number of halogens is 2. The zero-order chi connectivity index (χ0) is 20.5. The number of aromatic nitrogens is 2. The highest BCUT2D eigenvalue weighted by Crippen LogP contribution is 2.29. The Balaban J connectivity index is 1.99. The van der Waals surface area contributed by atoms with Crippen molar-refractivity contribution in [3.8, 4) is 5.75 Å². The molecule has 3 rings (SSSR count). The van der Waals surface area contributed by atoms with Gasteiger partial charge in [0.1, 0.15) is 5.75 Å². The Labute approximate surface area is 171 Å². The van der Waals surface area contributed by atoms with Crippen molar-refractivity contribution in [1.82, 2.24) is 9.78 Å². The number of carbonyl (C=O) groups excluding carboxylic acids is 1. The number of carbonyl (C=O) groups is 1. The van der Waals surface area contributed by atoms with Crippen LogP contribution in [0.2, 0.25) is 10.0 Å². The lowest BCUT2D eigenvalue weighted by molar-refractivity contribution is 0.102. The third kappa shape index (κ3) is 4.14. The van der Waals surface area contributed by atoms with Crippen LogP contribution in [0.25, 0.3) is 0 Å². The lowest BCUT2D eigenvalue weighted by atomic mass is 10.3. The first-order chi connectivity index (χ1) is 13.2. The summed E-state index contributed by atoms with van der Waals surface area (Å²) >= 11 is 11.8. The number of ether oxygens (including phenoxy) is 1. The summed E-state index contributed by atoms with van der Waals surface area (Å²) in [6.45, 7) is 0. The summed E-state index contributed by atoms with van der Waals surface area (Å²) in [6, 6.07) is 9.98. The summed E-state index contributed by atoms with van der Waals surface area (Å²) in [5.41, 5.74) is 0.243. The number of amides is 1. The van der Waals surface area contributed by atoms with E-state index in [-0.39, 0.29) is 31.9 Å². The molecule has 1 amide bonds. The summed E-state index contributed by atoms with van der Waals surface area (Å²) in [5, 5.41) is 7.18. The Kier molecular flexibility index (Phi) is 5.64. The summed E-state index contributed by atoms with van der Waals surface area (Å²) < 4.78 is 32.4. The van der Waals surface area contributed by atoms with Crippen molar-refractivity contribution in [1.29, 1.82) is 0 Å². The number of nitrogens with zero attached hydrogens (tertiary/aromatic N) is 2. The van der Waals surface area contributed by atoms with Gasteiger partial charge in [-0.1, -0.05) is 23.2 Å². The predicted octanol–water partition coefficient (Wildman–Crippen LogP) is 3.82. The van der Waals surface area contributed by atoms with Gasteiger partial charge >= 0.3 is 0 Å². The number of anilines is 1. The van der Waals surface area contributed by atoms with Gasteiger partial charge in [-0.25, -0.2) is 8.42 Å². The van der Waals surface area contributed by atoms with Crippen LogP contribution in [0.5, 0.6) is 5.75 Å². The maximum absolute atomic E-state index is 12.9. The Hall–Kier alpha value is -2.55. The zero-order valence-corrected chi connectivity index (χ0v) is 17.1. The quantitative estimate of drug-likeness (QED) is 0.652. The van der Waals surface area contributed by atoms with Crippen LogP contribution < -0.4 is 10.1 Å². The van der Waals surface area contributed by atoms with E-state index < -0.39 is 15.7 Å². The fraction of sp³-hybridized carbons (Fsp3) is 0.111. The van der Waals surface area contributed by atoms with Crippen molar-refractivity contribution in [2.24, 2.45) is 7.05 Å². The van der Waals surface area contributed by atoms with E-state index in [0.717, 1.165) is 0 Å².